The Morgan fingerprint density at radius 1 is 0.219 bits per heavy atom. The van der Waals surface area contributed by atoms with E-state index in [1.807, 2.05) is 48.5 Å². The molecule has 4 heteroatoms. The van der Waals surface area contributed by atoms with Crippen LogP contribution in [0.3, 0.4) is 0 Å². The fourth-order valence-corrected chi connectivity index (χ4v) is 13.1. The molecule has 0 bridgehead atoms. The quantitative estimate of drug-likeness (QED) is 0.0438. The Bertz CT molecular complexity index is 4810. The zero-order chi connectivity index (χ0) is 66.3. The lowest BCUT2D eigenvalue weighted by atomic mass is 9.85. The summed E-state index contributed by atoms with van der Waals surface area (Å²) in [4.78, 5) is 48.1. The summed E-state index contributed by atoms with van der Waals surface area (Å²) in [5, 5.41) is 4.82. The van der Waals surface area contributed by atoms with Crippen molar-refractivity contribution in [3.8, 4) is 11.1 Å². The van der Waals surface area contributed by atoms with Gasteiger partial charge in [-0.15, -0.1) is 0 Å². The summed E-state index contributed by atoms with van der Waals surface area (Å²) < 4.78 is 0. The molecule has 0 saturated heterocycles. The van der Waals surface area contributed by atoms with Crippen LogP contribution in [0.25, 0.3) is 32.7 Å². The van der Waals surface area contributed by atoms with Crippen LogP contribution in [0.5, 0.6) is 0 Å². The van der Waals surface area contributed by atoms with Crippen molar-refractivity contribution in [2.75, 3.05) is 0 Å². The third-order valence-corrected chi connectivity index (χ3v) is 18.4. The second kappa shape index (κ2) is 30.7. The van der Waals surface area contributed by atoms with Crippen LogP contribution in [0, 0.1) is 0 Å². The standard InChI is InChI=1S/C92H78O4/c1-5-85(93)58-75-33-23-67(24-34-75)47-63-9-15-71(16-10-63)51-79-42-46-90-82(55-79)43-44-83(54-74-31-21-66(22-32-74)50-70-29-39-78(40-30-70)61-88(96)8-4)92(90)91-62-81(53-73-19-13-65(14-20-73)49-69-27-37-77(38-28-69)60-87(95)7-3)57-84-56-80(41-45-89(84)91)52-72-17-11-64(12-18-72)48-68-25-35-76(36-26-68)59-86(94)6-2/h5-46,55-57,62H,1-4,47-54,58-61H2. The maximum atomic E-state index is 12.1. The van der Waals surface area contributed by atoms with Crippen molar-refractivity contribution in [1.82, 2.24) is 0 Å². The van der Waals surface area contributed by atoms with E-state index in [1.54, 1.807) is 0 Å². The molecular formula is C92H78O4. The Morgan fingerprint density at radius 2 is 0.448 bits per heavy atom. The minimum absolute atomic E-state index is 0.0193. The minimum atomic E-state index is 0.0193. The van der Waals surface area contributed by atoms with Crippen LogP contribution < -0.4 is 0 Å². The highest BCUT2D eigenvalue weighted by molar-refractivity contribution is 6.07. The van der Waals surface area contributed by atoms with Crippen LogP contribution in [0.1, 0.15) is 111 Å². The van der Waals surface area contributed by atoms with E-state index < -0.39 is 0 Å². The molecule has 0 amide bonds. The van der Waals surface area contributed by atoms with E-state index in [4.69, 9.17) is 0 Å². The summed E-state index contributed by atoms with van der Waals surface area (Å²) in [5.41, 5.74) is 26.1. The normalized spacial score (nSPS) is 11.1. The second-order valence-electron chi connectivity index (χ2n) is 25.7. The molecular weight excluding hydrogens is 1170 g/mol. The maximum Gasteiger partial charge on any atom is 0.159 e. The number of hydrogen-bond acceptors (Lipinski definition) is 4. The van der Waals surface area contributed by atoms with Crippen LogP contribution in [-0.2, 0) is 96.2 Å². The van der Waals surface area contributed by atoms with Crippen LogP contribution >= 0.6 is 0 Å². The molecule has 96 heavy (non-hydrogen) atoms. The second-order valence-corrected chi connectivity index (χ2v) is 25.7. The molecule has 470 valence electrons. The first-order valence-corrected chi connectivity index (χ1v) is 33.2. The van der Waals surface area contributed by atoms with Gasteiger partial charge in [0.25, 0.3) is 0 Å². The molecule has 0 atom stereocenters. The lowest BCUT2D eigenvalue weighted by molar-refractivity contribution is -0.114. The molecule has 0 aliphatic rings. The molecule has 0 aromatic heterocycles. The predicted octanol–water partition coefficient (Wildman–Crippen LogP) is 19.6. The van der Waals surface area contributed by atoms with Gasteiger partial charge in [0.2, 0.25) is 0 Å². The molecule has 0 unspecified atom stereocenters. The van der Waals surface area contributed by atoms with E-state index in [2.05, 4.69) is 233 Å². The molecule has 0 radical (unpaired) electrons. The third kappa shape index (κ3) is 17.1. The molecule has 0 spiro atoms. The Labute approximate surface area is 565 Å². The van der Waals surface area contributed by atoms with Crippen molar-refractivity contribution in [3.05, 3.63) is 417 Å². The van der Waals surface area contributed by atoms with Crippen LogP contribution in [0.15, 0.2) is 305 Å². The smallest absolute Gasteiger partial charge is 0.159 e. The topological polar surface area (TPSA) is 68.3 Å². The molecule has 12 aromatic carbocycles. The van der Waals surface area contributed by atoms with E-state index in [0.29, 0.717) is 25.7 Å². The average Bonchev–Trinajstić information content (AvgIpc) is 0.756. The highest BCUT2D eigenvalue weighted by Crippen LogP contribution is 2.40. The molecule has 0 aliphatic heterocycles. The van der Waals surface area contributed by atoms with E-state index in [1.165, 1.54) is 146 Å². The van der Waals surface area contributed by atoms with Crippen molar-refractivity contribution < 1.29 is 19.2 Å². The number of allylic oxidation sites excluding steroid dienone is 4. The van der Waals surface area contributed by atoms with Crippen LogP contribution in [-0.4, -0.2) is 23.1 Å². The number of benzene rings is 12. The summed E-state index contributed by atoms with van der Waals surface area (Å²) in [6.45, 7) is 14.5. The average molecular weight is 1250 g/mol. The first-order chi connectivity index (χ1) is 46.8. The highest BCUT2D eigenvalue weighted by atomic mass is 16.1. The van der Waals surface area contributed by atoms with Gasteiger partial charge in [0.05, 0.1) is 0 Å². The fourth-order valence-electron chi connectivity index (χ4n) is 13.1. The molecule has 0 N–H and O–H groups in total. The number of ketones is 4. The summed E-state index contributed by atoms with van der Waals surface area (Å²) in [7, 11) is 0. The number of rotatable bonds is 29. The molecule has 0 aliphatic carbocycles. The van der Waals surface area contributed by atoms with Crippen molar-refractivity contribution in [1.29, 1.82) is 0 Å². The third-order valence-electron chi connectivity index (χ3n) is 18.4. The van der Waals surface area contributed by atoms with Gasteiger partial charge in [-0.3, -0.25) is 19.2 Å². The molecule has 12 aromatic rings. The van der Waals surface area contributed by atoms with E-state index in [-0.39, 0.29) is 23.1 Å². The van der Waals surface area contributed by atoms with Gasteiger partial charge >= 0.3 is 0 Å². The van der Waals surface area contributed by atoms with Gasteiger partial charge in [-0.25, -0.2) is 0 Å². The Balaban J connectivity index is 0.875. The largest absolute Gasteiger partial charge is 0.295 e. The van der Waals surface area contributed by atoms with E-state index >= 15 is 0 Å². The monoisotopic (exact) mass is 1250 g/mol. The van der Waals surface area contributed by atoms with Crippen LogP contribution in [0.4, 0.5) is 0 Å². The summed E-state index contributed by atoms with van der Waals surface area (Å²) in [5.74, 6) is 0.0865. The van der Waals surface area contributed by atoms with Crippen molar-refractivity contribution >= 4 is 44.7 Å². The van der Waals surface area contributed by atoms with Gasteiger partial charge in [-0.2, -0.15) is 0 Å². The number of carbonyl (C=O) groups is 4. The van der Waals surface area contributed by atoms with E-state index in [0.717, 1.165) is 73.6 Å². The molecule has 0 heterocycles. The molecule has 0 fully saturated rings. The molecule has 4 nitrogen and oxygen atoms in total. The van der Waals surface area contributed by atoms with E-state index in [9.17, 15) is 19.2 Å². The predicted molar refractivity (Wildman–Crippen MR) is 397 cm³/mol. The number of hydrogen-bond donors (Lipinski definition) is 0. The summed E-state index contributed by atoms with van der Waals surface area (Å²) in [6, 6.07) is 93.1. The Hall–Kier alpha value is -11.2. The highest BCUT2D eigenvalue weighted by Gasteiger charge is 2.18. The first-order valence-electron chi connectivity index (χ1n) is 33.2. The Morgan fingerprint density at radius 3 is 0.750 bits per heavy atom. The van der Waals surface area contributed by atoms with Crippen molar-refractivity contribution in [2.24, 2.45) is 0 Å². The number of carbonyl (C=O) groups excluding carboxylic acids is 4. The molecule has 0 saturated carbocycles. The van der Waals surface area contributed by atoms with Gasteiger partial charge in [-0.05, 0) is 220 Å². The molecule has 12 rings (SSSR count). The zero-order valence-corrected chi connectivity index (χ0v) is 54.5. The van der Waals surface area contributed by atoms with Gasteiger partial charge in [0.1, 0.15) is 0 Å². The van der Waals surface area contributed by atoms with Crippen molar-refractivity contribution in [3.63, 3.8) is 0 Å². The lowest BCUT2D eigenvalue weighted by Gasteiger charge is -2.19. The van der Waals surface area contributed by atoms with Gasteiger partial charge < -0.3 is 0 Å². The minimum Gasteiger partial charge on any atom is -0.295 e. The lowest BCUT2D eigenvalue weighted by Crippen LogP contribution is -1.99. The van der Waals surface area contributed by atoms with Crippen LogP contribution in [0.2, 0.25) is 0 Å². The first kappa shape index (κ1) is 64.9. The fraction of sp³-hybridized carbons (Fsp3) is 0.130. The SMILES string of the molecule is C=CC(=O)Cc1ccc(Cc2ccc(Cc3ccc4c(-c5c(Cc6ccc(Cc7ccc(CC(=O)C=C)cc7)cc6)ccc6cc(Cc7ccc(Cc8ccc(CC(=O)C=C)cc8)cc7)ccc56)cc(Cc5ccc(Cc6ccc(CC(=O)C=C)cc6)cc5)cc4c3)cc2)cc1. The summed E-state index contributed by atoms with van der Waals surface area (Å²) in [6.07, 6.45) is 13.3. The summed E-state index contributed by atoms with van der Waals surface area (Å²) >= 11 is 0. The van der Waals surface area contributed by atoms with Gasteiger partial charge in [0, 0.05) is 25.7 Å². The zero-order valence-electron chi connectivity index (χ0n) is 54.5. The van der Waals surface area contributed by atoms with Crippen molar-refractivity contribution in [2.45, 2.75) is 77.0 Å². The maximum absolute atomic E-state index is 12.1. The van der Waals surface area contributed by atoms with Gasteiger partial charge in [-0.1, -0.05) is 281 Å². The Kier molecular flexibility index (Phi) is 20.7. The van der Waals surface area contributed by atoms with Gasteiger partial charge in [0.15, 0.2) is 23.1 Å². The number of fused-ring (bicyclic) bond motifs is 2.